The van der Waals surface area contributed by atoms with Crippen molar-refractivity contribution in [3.63, 3.8) is 0 Å². The third-order valence-corrected chi connectivity index (χ3v) is 2.87. The van der Waals surface area contributed by atoms with Gasteiger partial charge in [-0.15, -0.1) is 5.10 Å². The number of rotatable bonds is 2. The van der Waals surface area contributed by atoms with Crippen molar-refractivity contribution in [2.75, 3.05) is 13.9 Å². The van der Waals surface area contributed by atoms with E-state index >= 15 is 0 Å². The molecule has 0 spiro atoms. The molecule has 7 heteroatoms. The molecule has 0 saturated heterocycles. The average Bonchev–Trinajstić information content (AvgIpc) is 3.03. The number of esters is 1. The van der Waals surface area contributed by atoms with Gasteiger partial charge < -0.3 is 14.2 Å². The molecule has 19 heavy (non-hydrogen) atoms. The first-order chi connectivity index (χ1) is 9.20. The molecule has 0 N–H and O–H groups in total. The van der Waals surface area contributed by atoms with Crippen molar-refractivity contribution in [1.82, 2.24) is 15.0 Å². The van der Waals surface area contributed by atoms with E-state index in [-0.39, 0.29) is 12.5 Å². The van der Waals surface area contributed by atoms with Crippen LogP contribution in [0.3, 0.4) is 0 Å². The molecule has 1 aromatic heterocycles. The van der Waals surface area contributed by atoms with Crippen LogP contribution in [0.15, 0.2) is 18.2 Å². The highest BCUT2D eigenvalue weighted by molar-refractivity contribution is 5.88. The molecule has 0 fully saturated rings. The highest BCUT2D eigenvalue weighted by atomic mass is 16.7. The summed E-state index contributed by atoms with van der Waals surface area (Å²) in [4.78, 5) is 11.5. The molecule has 1 aliphatic heterocycles. The standard InChI is InChI=1S/C12H11N3O4/c1-7-11(12(16)17-2)13-14-15(7)8-3-4-9-10(5-8)19-6-18-9/h3-5H,6H2,1-2H3. The van der Waals surface area contributed by atoms with Gasteiger partial charge >= 0.3 is 5.97 Å². The number of carbonyl (C=O) groups is 1. The molecule has 3 rings (SSSR count). The summed E-state index contributed by atoms with van der Waals surface area (Å²) in [5.74, 6) is 0.825. The second-order valence-electron chi connectivity index (χ2n) is 3.96. The van der Waals surface area contributed by atoms with Crippen LogP contribution in [0.25, 0.3) is 5.69 Å². The lowest BCUT2D eigenvalue weighted by atomic mass is 10.2. The zero-order valence-corrected chi connectivity index (χ0v) is 10.4. The Balaban J connectivity index is 2.03. The van der Waals surface area contributed by atoms with Gasteiger partial charge in [-0.05, 0) is 19.1 Å². The minimum atomic E-state index is -0.510. The molecule has 1 aromatic carbocycles. The Hall–Kier alpha value is -2.57. The van der Waals surface area contributed by atoms with Crippen LogP contribution in [-0.2, 0) is 4.74 Å². The summed E-state index contributed by atoms with van der Waals surface area (Å²) >= 11 is 0. The number of nitrogens with zero attached hydrogens (tertiary/aromatic N) is 3. The lowest BCUT2D eigenvalue weighted by Crippen LogP contribution is -2.05. The van der Waals surface area contributed by atoms with E-state index in [0.29, 0.717) is 17.2 Å². The molecule has 0 bridgehead atoms. The van der Waals surface area contributed by atoms with Crippen LogP contribution >= 0.6 is 0 Å². The monoisotopic (exact) mass is 261 g/mol. The van der Waals surface area contributed by atoms with Crippen LogP contribution < -0.4 is 9.47 Å². The Kier molecular flexibility index (Phi) is 2.59. The highest BCUT2D eigenvalue weighted by Crippen LogP contribution is 2.33. The van der Waals surface area contributed by atoms with Gasteiger partial charge in [0, 0.05) is 6.07 Å². The van der Waals surface area contributed by atoms with Crippen molar-refractivity contribution in [3.8, 4) is 17.2 Å². The molecule has 0 aliphatic carbocycles. The summed E-state index contributed by atoms with van der Waals surface area (Å²) in [7, 11) is 1.31. The lowest BCUT2D eigenvalue weighted by Gasteiger charge is -2.04. The van der Waals surface area contributed by atoms with E-state index in [2.05, 4.69) is 15.0 Å². The van der Waals surface area contributed by atoms with Crippen LogP contribution in [0, 0.1) is 6.92 Å². The van der Waals surface area contributed by atoms with Crippen molar-refractivity contribution < 1.29 is 19.0 Å². The third kappa shape index (κ3) is 1.79. The van der Waals surface area contributed by atoms with E-state index in [9.17, 15) is 4.79 Å². The molecular formula is C12H11N3O4. The van der Waals surface area contributed by atoms with Gasteiger partial charge in [0.25, 0.3) is 0 Å². The Morgan fingerprint density at radius 1 is 1.37 bits per heavy atom. The minimum Gasteiger partial charge on any atom is -0.464 e. The predicted molar refractivity (Wildman–Crippen MR) is 63.6 cm³/mol. The first-order valence-electron chi connectivity index (χ1n) is 5.61. The Bertz CT molecular complexity index is 650. The Morgan fingerprint density at radius 2 is 2.16 bits per heavy atom. The van der Waals surface area contributed by atoms with Gasteiger partial charge in [-0.2, -0.15) is 0 Å². The topological polar surface area (TPSA) is 75.5 Å². The van der Waals surface area contributed by atoms with Crippen molar-refractivity contribution in [1.29, 1.82) is 0 Å². The highest BCUT2D eigenvalue weighted by Gasteiger charge is 2.19. The molecular weight excluding hydrogens is 250 g/mol. The molecule has 2 aromatic rings. The van der Waals surface area contributed by atoms with E-state index in [1.54, 1.807) is 23.7 Å². The first-order valence-corrected chi connectivity index (χ1v) is 5.61. The molecule has 0 unspecified atom stereocenters. The van der Waals surface area contributed by atoms with Gasteiger partial charge in [0.2, 0.25) is 6.79 Å². The number of hydrogen-bond donors (Lipinski definition) is 0. The van der Waals surface area contributed by atoms with Crippen LogP contribution in [0.1, 0.15) is 16.2 Å². The fourth-order valence-electron chi connectivity index (χ4n) is 1.88. The number of hydrogen-bond acceptors (Lipinski definition) is 6. The van der Waals surface area contributed by atoms with Gasteiger partial charge in [-0.25, -0.2) is 9.48 Å². The maximum absolute atomic E-state index is 11.5. The number of methoxy groups -OCH3 is 1. The van der Waals surface area contributed by atoms with Crippen molar-refractivity contribution >= 4 is 5.97 Å². The van der Waals surface area contributed by atoms with Crippen molar-refractivity contribution in [2.24, 2.45) is 0 Å². The van der Waals surface area contributed by atoms with Crippen LogP contribution in [-0.4, -0.2) is 34.9 Å². The van der Waals surface area contributed by atoms with E-state index in [1.807, 2.05) is 6.07 Å². The van der Waals surface area contributed by atoms with Gasteiger partial charge in [0.05, 0.1) is 18.5 Å². The first kappa shape index (κ1) is 11.5. The van der Waals surface area contributed by atoms with E-state index in [1.165, 1.54) is 7.11 Å². The minimum absolute atomic E-state index is 0.195. The summed E-state index contributed by atoms with van der Waals surface area (Å²) < 4.78 is 16.7. The Morgan fingerprint density at radius 3 is 2.95 bits per heavy atom. The van der Waals surface area contributed by atoms with Crippen molar-refractivity contribution in [2.45, 2.75) is 6.92 Å². The van der Waals surface area contributed by atoms with E-state index in [4.69, 9.17) is 9.47 Å². The molecule has 7 nitrogen and oxygen atoms in total. The van der Waals surface area contributed by atoms with Gasteiger partial charge in [0.15, 0.2) is 17.2 Å². The number of fused-ring (bicyclic) bond motifs is 1. The lowest BCUT2D eigenvalue weighted by molar-refractivity contribution is 0.0593. The fraction of sp³-hybridized carbons (Fsp3) is 0.250. The second-order valence-corrected chi connectivity index (χ2v) is 3.96. The fourth-order valence-corrected chi connectivity index (χ4v) is 1.88. The summed E-state index contributed by atoms with van der Waals surface area (Å²) in [6.45, 7) is 1.96. The van der Waals surface area contributed by atoms with Crippen LogP contribution in [0.5, 0.6) is 11.5 Å². The molecule has 0 amide bonds. The number of benzene rings is 1. The van der Waals surface area contributed by atoms with Gasteiger partial charge in [-0.1, -0.05) is 5.21 Å². The summed E-state index contributed by atoms with van der Waals surface area (Å²) in [6.07, 6.45) is 0. The smallest absolute Gasteiger partial charge is 0.360 e. The van der Waals surface area contributed by atoms with Crippen LogP contribution in [0.2, 0.25) is 0 Å². The number of ether oxygens (including phenoxy) is 3. The van der Waals surface area contributed by atoms with E-state index < -0.39 is 5.97 Å². The third-order valence-electron chi connectivity index (χ3n) is 2.87. The SMILES string of the molecule is COC(=O)c1nnn(-c2ccc3c(c2)OCO3)c1C. The quantitative estimate of drug-likeness (QED) is 0.753. The molecule has 0 atom stereocenters. The zero-order valence-electron chi connectivity index (χ0n) is 10.4. The molecule has 0 radical (unpaired) electrons. The molecule has 98 valence electrons. The molecule has 2 heterocycles. The van der Waals surface area contributed by atoms with Gasteiger partial charge in [-0.3, -0.25) is 0 Å². The van der Waals surface area contributed by atoms with E-state index in [0.717, 1.165) is 5.69 Å². The molecule has 1 aliphatic rings. The normalized spacial score (nSPS) is 12.5. The second kappa shape index (κ2) is 4.27. The van der Waals surface area contributed by atoms with Crippen molar-refractivity contribution in [3.05, 3.63) is 29.6 Å². The molecule has 0 saturated carbocycles. The summed E-state index contributed by atoms with van der Waals surface area (Å²) in [6, 6.07) is 5.39. The Labute approximate surface area is 108 Å². The maximum atomic E-state index is 11.5. The summed E-state index contributed by atoms with van der Waals surface area (Å²) in [5, 5.41) is 7.77. The number of carbonyl (C=O) groups excluding carboxylic acids is 1. The zero-order chi connectivity index (χ0) is 13.4. The number of aromatic nitrogens is 3. The average molecular weight is 261 g/mol. The maximum Gasteiger partial charge on any atom is 0.360 e. The summed E-state index contributed by atoms with van der Waals surface area (Å²) in [5.41, 5.74) is 1.54. The van der Waals surface area contributed by atoms with Crippen LogP contribution in [0.4, 0.5) is 0 Å². The predicted octanol–water partition coefficient (Wildman–Crippen LogP) is 1.09. The largest absolute Gasteiger partial charge is 0.464 e. The van der Waals surface area contributed by atoms with Gasteiger partial charge in [0.1, 0.15) is 0 Å².